The van der Waals surface area contributed by atoms with E-state index in [0.29, 0.717) is 18.1 Å². The summed E-state index contributed by atoms with van der Waals surface area (Å²) in [6.07, 6.45) is 3.16. The van der Waals surface area contributed by atoms with Crippen LogP contribution in [-0.4, -0.2) is 63.4 Å². The summed E-state index contributed by atoms with van der Waals surface area (Å²) >= 11 is 11.8. The third-order valence-corrected chi connectivity index (χ3v) is 7.62. The van der Waals surface area contributed by atoms with E-state index in [2.05, 4.69) is 0 Å². The Morgan fingerprint density at radius 2 is 1.75 bits per heavy atom. The molecule has 1 aliphatic rings. The molecule has 0 radical (unpaired) electrons. The van der Waals surface area contributed by atoms with Gasteiger partial charge < -0.3 is 14.4 Å². The highest BCUT2D eigenvalue weighted by atomic mass is 35.5. The largest absolute Gasteiger partial charge is 0.493 e. The van der Waals surface area contributed by atoms with Gasteiger partial charge in [0.25, 0.3) is 0 Å². The van der Waals surface area contributed by atoms with Gasteiger partial charge in [-0.05, 0) is 48.9 Å². The number of sulfonamides is 1. The smallest absolute Gasteiger partial charge is 0.246 e. The molecular weight excluding hydrogens is 475 g/mol. The molecule has 1 heterocycles. The molecule has 2 aromatic rings. The molecule has 0 N–H and O–H groups in total. The van der Waals surface area contributed by atoms with Crippen molar-refractivity contribution >= 4 is 45.2 Å². The van der Waals surface area contributed by atoms with Gasteiger partial charge in [0, 0.05) is 32.3 Å². The van der Waals surface area contributed by atoms with Crippen molar-refractivity contribution in [3.8, 4) is 11.5 Å². The van der Waals surface area contributed by atoms with Crippen molar-refractivity contribution in [2.24, 2.45) is 0 Å². The number of amides is 1. The van der Waals surface area contributed by atoms with Crippen LogP contribution in [0.3, 0.4) is 0 Å². The van der Waals surface area contributed by atoms with E-state index in [4.69, 9.17) is 32.7 Å². The molecule has 0 saturated carbocycles. The minimum atomic E-state index is -3.71. The average molecular weight is 499 g/mol. The van der Waals surface area contributed by atoms with Gasteiger partial charge in [-0.2, -0.15) is 4.31 Å². The van der Waals surface area contributed by atoms with Crippen molar-refractivity contribution in [1.82, 2.24) is 9.21 Å². The molecule has 1 saturated heterocycles. The van der Waals surface area contributed by atoms with Gasteiger partial charge in [-0.25, -0.2) is 8.42 Å². The van der Waals surface area contributed by atoms with E-state index in [1.807, 2.05) is 13.0 Å². The zero-order valence-corrected chi connectivity index (χ0v) is 20.1. The second kappa shape index (κ2) is 10.6. The minimum absolute atomic E-state index is 0.0796. The Balaban J connectivity index is 1.62. The number of carbonyl (C=O) groups excluding carboxylic acids is 1. The Morgan fingerprint density at radius 3 is 2.38 bits per heavy atom. The third-order valence-electron chi connectivity index (χ3n) is 4.99. The van der Waals surface area contributed by atoms with Crippen molar-refractivity contribution in [3.63, 3.8) is 0 Å². The summed E-state index contributed by atoms with van der Waals surface area (Å²) < 4.78 is 37.9. The first-order valence-corrected chi connectivity index (χ1v) is 12.2. The molecule has 7 nitrogen and oxygen atoms in total. The van der Waals surface area contributed by atoms with Gasteiger partial charge in [0.2, 0.25) is 15.9 Å². The Morgan fingerprint density at radius 1 is 1.03 bits per heavy atom. The van der Waals surface area contributed by atoms with Gasteiger partial charge in [0.1, 0.15) is 0 Å². The van der Waals surface area contributed by atoms with E-state index in [1.165, 1.54) is 28.6 Å². The number of ether oxygens (including phenoxy) is 2. The van der Waals surface area contributed by atoms with E-state index in [1.54, 1.807) is 30.2 Å². The zero-order valence-electron chi connectivity index (χ0n) is 17.8. The van der Waals surface area contributed by atoms with E-state index in [-0.39, 0.29) is 47.0 Å². The molecule has 1 aliphatic heterocycles. The number of rotatable bonds is 7. The SMILES string of the molecule is CCOc1ccc(C=CC(=O)N2CCN(S(=O)(=O)c3ccc(Cl)c(Cl)c3)CC2)cc1OC. The molecule has 0 aliphatic carbocycles. The number of hydrogen-bond donors (Lipinski definition) is 0. The number of methoxy groups -OCH3 is 1. The lowest BCUT2D eigenvalue weighted by atomic mass is 10.2. The normalized spacial score (nSPS) is 15.2. The van der Waals surface area contributed by atoms with E-state index in [0.717, 1.165) is 5.56 Å². The van der Waals surface area contributed by atoms with Crippen LogP contribution in [0.5, 0.6) is 11.5 Å². The third kappa shape index (κ3) is 5.56. The Labute approximate surface area is 198 Å². The Bertz CT molecular complexity index is 1110. The fourth-order valence-electron chi connectivity index (χ4n) is 3.27. The number of halogens is 2. The van der Waals surface area contributed by atoms with Crippen molar-refractivity contribution in [2.75, 3.05) is 39.9 Å². The van der Waals surface area contributed by atoms with Crippen molar-refractivity contribution < 1.29 is 22.7 Å². The van der Waals surface area contributed by atoms with Crippen molar-refractivity contribution in [1.29, 1.82) is 0 Å². The summed E-state index contributed by atoms with van der Waals surface area (Å²) in [6.45, 7) is 3.38. The number of carbonyl (C=O) groups is 1. The van der Waals surface area contributed by atoms with Crippen LogP contribution in [0.1, 0.15) is 12.5 Å². The highest BCUT2D eigenvalue weighted by Gasteiger charge is 2.30. The molecule has 0 aromatic heterocycles. The monoisotopic (exact) mass is 498 g/mol. The van der Waals surface area contributed by atoms with Crippen LogP contribution in [0.2, 0.25) is 10.0 Å². The molecule has 3 rings (SSSR count). The van der Waals surface area contributed by atoms with Gasteiger partial charge in [0.05, 0.1) is 28.7 Å². The summed E-state index contributed by atoms with van der Waals surface area (Å²) in [4.78, 5) is 14.3. The minimum Gasteiger partial charge on any atom is -0.493 e. The Kier molecular flexibility index (Phi) is 8.05. The standard InChI is InChI=1S/C22H24Cl2N2O5S/c1-3-31-20-8-4-16(14-21(20)30-2)5-9-22(27)25-10-12-26(13-11-25)32(28,29)17-6-7-18(23)19(24)15-17/h4-9,14-15H,3,10-13H2,1-2H3. The lowest BCUT2D eigenvalue weighted by Crippen LogP contribution is -2.50. The van der Waals surface area contributed by atoms with Crippen LogP contribution in [0.4, 0.5) is 0 Å². The molecule has 172 valence electrons. The predicted molar refractivity (Wildman–Crippen MR) is 125 cm³/mol. The maximum atomic E-state index is 12.9. The van der Waals surface area contributed by atoms with E-state index < -0.39 is 10.0 Å². The van der Waals surface area contributed by atoms with E-state index in [9.17, 15) is 13.2 Å². The first kappa shape index (κ1) is 24.4. The van der Waals surface area contributed by atoms with Crippen LogP contribution in [0.25, 0.3) is 6.08 Å². The molecule has 0 bridgehead atoms. The highest BCUT2D eigenvalue weighted by molar-refractivity contribution is 7.89. The summed E-state index contributed by atoms with van der Waals surface area (Å²) in [5, 5.41) is 0.468. The lowest BCUT2D eigenvalue weighted by molar-refractivity contribution is -0.127. The molecule has 1 fully saturated rings. The topological polar surface area (TPSA) is 76.2 Å². The number of piperazine rings is 1. The molecule has 10 heteroatoms. The number of nitrogens with zero attached hydrogens (tertiary/aromatic N) is 2. The summed E-state index contributed by atoms with van der Waals surface area (Å²) in [6, 6.07) is 9.63. The molecule has 0 spiro atoms. The molecule has 1 amide bonds. The highest BCUT2D eigenvalue weighted by Crippen LogP contribution is 2.29. The van der Waals surface area contributed by atoms with Gasteiger partial charge in [-0.3, -0.25) is 4.79 Å². The second-order valence-corrected chi connectivity index (χ2v) is 9.73. The first-order valence-electron chi connectivity index (χ1n) is 9.99. The van der Waals surface area contributed by atoms with Gasteiger partial charge in [-0.1, -0.05) is 29.3 Å². The Hall–Kier alpha value is -2.26. The average Bonchev–Trinajstić information content (AvgIpc) is 2.80. The first-order chi connectivity index (χ1) is 15.3. The maximum Gasteiger partial charge on any atom is 0.246 e. The summed E-state index contributed by atoms with van der Waals surface area (Å²) in [5.74, 6) is 1.03. The lowest BCUT2D eigenvalue weighted by Gasteiger charge is -2.33. The second-order valence-electron chi connectivity index (χ2n) is 6.98. The molecule has 0 atom stereocenters. The molecular formula is C22H24Cl2N2O5S. The quantitative estimate of drug-likeness (QED) is 0.540. The number of benzene rings is 2. The fourth-order valence-corrected chi connectivity index (χ4v) is 5.08. The van der Waals surface area contributed by atoms with Crippen molar-refractivity contribution in [3.05, 3.63) is 58.1 Å². The van der Waals surface area contributed by atoms with Crippen molar-refractivity contribution in [2.45, 2.75) is 11.8 Å². The number of hydrogen-bond acceptors (Lipinski definition) is 5. The van der Waals surface area contributed by atoms with Gasteiger partial charge >= 0.3 is 0 Å². The molecule has 0 unspecified atom stereocenters. The summed E-state index contributed by atoms with van der Waals surface area (Å²) in [7, 11) is -2.16. The molecule has 2 aromatic carbocycles. The van der Waals surface area contributed by atoms with E-state index >= 15 is 0 Å². The van der Waals surface area contributed by atoms with Crippen LogP contribution in [-0.2, 0) is 14.8 Å². The van der Waals surface area contributed by atoms with Gasteiger partial charge in [0.15, 0.2) is 11.5 Å². The van der Waals surface area contributed by atoms with Crippen LogP contribution in [0, 0.1) is 0 Å². The molecule has 32 heavy (non-hydrogen) atoms. The van der Waals surface area contributed by atoms with Gasteiger partial charge in [-0.15, -0.1) is 0 Å². The van der Waals surface area contributed by atoms with Crippen LogP contribution in [0.15, 0.2) is 47.4 Å². The maximum absolute atomic E-state index is 12.9. The zero-order chi connectivity index (χ0) is 23.3. The fraction of sp³-hybridized carbons (Fsp3) is 0.318. The van der Waals surface area contributed by atoms with Crippen LogP contribution >= 0.6 is 23.2 Å². The summed E-state index contributed by atoms with van der Waals surface area (Å²) in [5.41, 5.74) is 0.791. The predicted octanol–water partition coefficient (Wildman–Crippen LogP) is 3.95. The van der Waals surface area contributed by atoms with Crippen LogP contribution < -0.4 is 9.47 Å².